The van der Waals surface area contributed by atoms with E-state index in [1.165, 1.54) is 18.6 Å². The van der Waals surface area contributed by atoms with E-state index >= 15 is 0 Å². The lowest BCUT2D eigenvalue weighted by Gasteiger charge is -2.24. The third-order valence-electron chi connectivity index (χ3n) is 2.62. The van der Waals surface area contributed by atoms with Crippen LogP contribution in [0.15, 0.2) is 22.7 Å². The number of nitriles is 1. The fraction of sp³-hybridized carbons (Fsp3) is 0.417. The third kappa shape index (κ3) is 2.93. The lowest BCUT2D eigenvalue weighted by atomic mass is 10.1. The molecule has 1 aliphatic rings. The second-order valence-corrected chi connectivity index (χ2v) is 5.93. The predicted octanol–water partition coefficient (Wildman–Crippen LogP) is 3.63. The van der Waals surface area contributed by atoms with Crippen LogP contribution in [0.2, 0.25) is 0 Å². The molecule has 0 aromatic heterocycles. The minimum absolute atomic E-state index is 0.507. The molecule has 0 spiro atoms. The summed E-state index contributed by atoms with van der Waals surface area (Å²) in [7, 11) is 0. The molecule has 1 aromatic rings. The Morgan fingerprint density at radius 1 is 1.50 bits per heavy atom. The molecule has 16 heavy (non-hydrogen) atoms. The highest BCUT2D eigenvalue weighted by atomic mass is 79.9. The van der Waals surface area contributed by atoms with Crippen molar-refractivity contribution in [2.24, 2.45) is 0 Å². The molecule has 2 nitrogen and oxygen atoms in total. The maximum Gasteiger partial charge on any atom is 0.101 e. The van der Waals surface area contributed by atoms with Crippen LogP contribution in [0.4, 0.5) is 5.69 Å². The fourth-order valence-corrected chi connectivity index (χ4v) is 3.24. The van der Waals surface area contributed by atoms with Gasteiger partial charge in [-0.15, -0.1) is 0 Å². The first kappa shape index (κ1) is 11.8. The van der Waals surface area contributed by atoms with E-state index in [1.807, 2.05) is 30.0 Å². The van der Waals surface area contributed by atoms with E-state index in [-0.39, 0.29) is 0 Å². The number of benzene rings is 1. The summed E-state index contributed by atoms with van der Waals surface area (Å²) in [5.41, 5.74) is 1.67. The standard InChI is InChI=1S/C12H13BrN2S/c13-10-3-4-12(9(6-10)7-14)15-11-2-1-5-16-8-11/h3-4,6,11,15H,1-2,5,8H2. The van der Waals surface area contributed by atoms with E-state index in [4.69, 9.17) is 5.26 Å². The summed E-state index contributed by atoms with van der Waals surface area (Å²) in [4.78, 5) is 0. The monoisotopic (exact) mass is 296 g/mol. The molecule has 2 rings (SSSR count). The van der Waals surface area contributed by atoms with Crippen LogP contribution >= 0.6 is 27.7 Å². The number of thioether (sulfide) groups is 1. The van der Waals surface area contributed by atoms with Gasteiger partial charge in [0.25, 0.3) is 0 Å². The maximum atomic E-state index is 9.06. The molecule has 1 heterocycles. The van der Waals surface area contributed by atoms with Crippen LogP contribution in [-0.4, -0.2) is 17.5 Å². The van der Waals surface area contributed by atoms with Gasteiger partial charge in [-0.1, -0.05) is 15.9 Å². The Bertz CT molecular complexity index is 408. The van der Waals surface area contributed by atoms with Crippen molar-refractivity contribution in [2.45, 2.75) is 18.9 Å². The Labute approximate surface area is 109 Å². The molecule has 0 radical (unpaired) electrons. The van der Waals surface area contributed by atoms with Crippen molar-refractivity contribution in [1.82, 2.24) is 0 Å². The molecule has 84 valence electrons. The summed E-state index contributed by atoms with van der Waals surface area (Å²) in [6.45, 7) is 0. The lowest BCUT2D eigenvalue weighted by molar-refractivity contribution is 0.685. The zero-order chi connectivity index (χ0) is 11.4. The van der Waals surface area contributed by atoms with Crippen LogP contribution in [0, 0.1) is 11.3 Å². The molecule has 1 N–H and O–H groups in total. The van der Waals surface area contributed by atoms with Gasteiger partial charge >= 0.3 is 0 Å². The van der Waals surface area contributed by atoms with Gasteiger partial charge < -0.3 is 5.32 Å². The van der Waals surface area contributed by atoms with Crippen molar-refractivity contribution in [2.75, 3.05) is 16.8 Å². The van der Waals surface area contributed by atoms with E-state index in [0.717, 1.165) is 15.9 Å². The van der Waals surface area contributed by atoms with Crippen LogP contribution in [0.3, 0.4) is 0 Å². The zero-order valence-corrected chi connectivity index (χ0v) is 11.3. The van der Waals surface area contributed by atoms with Gasteiger partial charge in [0, 0.05) is 16.3 Å². The second kappa shape index (κ2) is 5.60. The first-order chi connectivity index (χ1) is 7.79. The predicted molar refractivity (Wildman–Crippen MR) is 72.8 cm³/mol. The fourth-order valence-electron chi connectivity index (χ4n) is 1.81. The summed E-state index contributed by atoms with van der Waals surface area (Å²) in [5, 5.41) is 12.5. The molecule has 0 bridgehead atoms. The van der Waals surface area contributed by atoms with E-state index < -0.39 is 0 Å². The summed E-state index contributed by atoms with van der Waals surface area (Å²) in [6, 6.07) is 8.54. The average molecular weight is 297 g/mol. The smallest absolute Gasteiger partial charge is 0.101 e. The zero-order valence-electron chi connectivity index (χ0n) is 8.87. The normalized spacial score (nSPS) is 20.1. The molecule has 1 aliphatic heterocycles. The van der Waals surface area contributed by atoms with Gasteiger partial charge in [-0.25, -0.2) is 0 Å². The Morgan fingerprint density at radius 2 is 2.38 bits per heavy atom. The van der Waals surface area contributed by atoms with Gasteiger partial charge in [-0.3, -0.25) is 0 Å². The molecular weight excluding hydrogens is 284 g/mol. The van der Waals surface area contributed by atoms with Gasteiger partial charge in [0.1, 0.15) is 6.07 Å². The number of halogens is 1. The number of anilines is 1. The minimum Gasteiger partial charge on any atom is -0.380 e. The topological polar surface area (TPSA) is 35.8 Å². The van der Waals surface area contributed by atoms with Crippen molar-refractivity contribution in [3.8, 4) is 6.07 Å². The van der Waals surface area contributed by atoms with E-state index in [9.17, 15) is 0 Å². The van der Waals surface area contributed by atoms with Crippen molar-refractivity contribution in [1.29, 1.82) is 5.26 Å². The number of rotatable bonds is 2. The maximum absolute atomic E-state index is 9.06. The third-order valence-corrected chi connectivity index (χ3v) is 4.33. The molecule has 0 amide bonds. The number of hydrogen-bond acceptors (Lipinski definition) is 3. The van der Waals surface area contributed by atoms with E-state index in [1.54, 1.807) is 0 Å². The second-order valence-electron chi connectivity index (χ2n) is 3.86. The highest BCUT2D eigenvalue weighted by Gasteiger charge is 2.14. The average Bonchev–Trinajstić information content (AvgIpc) is 2.33. The van der Waals surface area contributed by atoms with E-state index in [0.29, 0.717) is 11.6 Å². The van der Waals surface area contributed by atoms with Crippen molar-refractivity contribution in [3.05, 3.63) is 28.2 Å². The van der Waals surface area contributed by atoms with Crippen LogP contribution < -0.4 is 5.32 Å². The van der Waals surface area contributed by atoms with Crippen LogP contribution in [0.1, 0.15) is 18.4 Å². The summed E-state index contributed by atoms with van der Waals surface area (Å²) < 4.78 is 0.951. The Balaban J connectivity index is 2.11. The molecule has 1 aromatic carbocycles. The van der Waals surface area contributed by atoms with Crippen molar-refractivity contribution in [3.63, 3.8) is 0 Å². The SMILES string of the molecule is N#Cc1cc(Br)ccc1NC1CCCSC1. The van der Waals surface area contributed by atoms with E-state index in [2.05, 4.69) is 27.3 Å². The van der Waals surface area contributed by atoms with Gasteiger partial charge in [-0.05, 0) is 36.8 Å². The van der Waals surface area contributed by atoms with Crippen LogP contribution in [0.25, 0.3) is 0 Å². The quantitative estimate of drug-likeness (QED) is 0.905. The first-order valence-corrected chi connectivity index (χ1v) is 7.28. The molecule has 0 aliphatic carbocycles. The van der Waals surface area contributed by atoms with Crippen LogP contribution in [0.5, 0.6) is 0 Å². The number of hydrogen-bond donors (Lipinski definition) is 1. The summed E-state index contributed by atoms with van der Waals surface area (Å²) in [5.74, 6) is 2.41. The minimum atomic E-state index is 0.507. The lowest BCUT2D eigenvalue weighted by Crippen LogP contribution is -2.26. The van der Waals surface area contributed by atoms with Gasteiger partial charge in [0.2, 0.25) is 0 Å². The highest BCUT2D eigenvalue weighted by Crippen LogP contribution is 2.24. The number of nitrogens with zero attached hydrogens (tertiary/aromatic N) is 1. The largest absolute Gasteiger partial charge is 0.380 e. The van der Waals surface area contributed by atoms with Gasteiger partial charge in [-0.2, -0.15) is 17.0 Å². The summed E-state index contributed by atoms with van der Waals surface area (Å²) >= 11 is 5.36. The molecular formula is C12H13BrN2S. The van der Waals surface area contributed by atoms with Crippen LogP contribution in [-0.2, 0) is 0 Å². The number of nitrogens with one attached hydrogen (secondary N) is 1. The highest BCUT2D eigenvalue weighted by molar-refractivity contribution is 9.10. The molecule has 4 heteroatoms. The first-order valence-electron chi connectivity index (χ1n) is 5.33. The Morgan fingerprint density at radius 3 is 3.06 bits per heavy atom. The Hall–Kier alpha value is -0.660. The molecule has 1 saturated heterocycles. The molecule has 1 atom stereocenters. The van der Waals surface area contributed by atoms with Gasteiger partial charge in [0.05, 0.1) is 11.3 Å². The summed E-state index contributed by atoms with van der Waals surface area (Å²) in [6.07, 6.45) is 2.47. The molecule has 1 fully saturated rings. The Kier molecular flexibility index (Phi) is 4.14. The molecule has 1 unspecified atom stereocenters. The van der Waals surface area contributed by atoms with Crippen molar-refractivity contribution >= 4 is 33.4 Å². The molecule has 0 saturated carbocycles. The van der Waals surface area contributed by atoms with Crippen molar-refractivity contribution < 1.29 is 0 Å². The van der Waals surface area contributed by atoms with Gasteiger partial charge in [0.15, 0.2) is 0 Å².